The van der Waals surface area contributed by atoms with Crippen LogP contribution in [0.4, 0.5) is 5.69 Å². The monoisotopic (exact) mass is 449 g/mol. The highest BCUT2D eigenvalue weighted by molar-refractivity contribution is 7.92. The number of aromatic hydroxyl groups is 1. The van der Waals surface area contributed by atoms with Crippen LogP contribution in [-0.4, -0.2) is 30.2 Å². The zero-order valence-corrected chi connectivity index (χ0v) is 18.5. The third-order valence-electron chi connectivity index (χ3n) is 5.31. The van der Waals surface area contributed by atoms with E-state index in [4.69, 9.17) is 0 Å². The molecule has 0 aliphatic carbocycles. The molecule has 0 bridgehead atoms. The van der Waals surface area contributed by atoms with Crippen molar-refractivity contribution in [2.45, 2.75) is 31.2 Å². The Morgan fingerprint density at radius 3 is 2.47 bits per heavy atom. The molecule has 0 spiro atoms. The Hall–Kier alpha value is -3.65. The lowest BCUT2D eigenvalue weighted by Gasteiger charge is -2.21. The zero-order valence-electron chi connectivity index (χ0n) is 17.7. The second kappa shape index (κ2) is 8.47. The van der Waals surface area contributed by atoms with Crippen LogP contribution < -0.4 is 4.72 Å². The number of amides is 1. The number of carbonyl (C=O) groups excluding carboxylic acids is 1. The van der Waals surface area contributed by atoms with Crippen molar-refractivity contribution in [3.63, 3.8) is 0 Å². The summed E-state index contributed by atoms with van der Waals surface area (Å²) in [6, 6.07) is 19.9. The minimum absolute atomic E-state index is 0.0970. The number of nitrogens with zero attached hydrogens (tertiary/aromatic N) is 2. The lowest BCUT2D eigenvalue weighted by atomic mass is 9.97. The molecule has 2 N–H and O–H groups in total. The van der Waals surface area contributed by atoms with Gasteiger partial charge in [-0.3, -0.25) is 9.52 Å². The van der Waals surface area contributed by atoms with Crippen LogP contribution in [0.5, 0.6) is 5.75 Å². The Bertz CT molecular complexity index is 1300. The van der Waals surface area contributed by atoms with Crippen molar-refractivity contribution < 1.29 is 18.3 Å². The summed E-state index contributed by atoms with van der Waals surface area (Å²) in [5, 5.41) is 16.1. The number of rotatable bonds is 5. The maximum Gasteiger partial charge on any atom is 0.261 e. The molecule has 4 rings (SSSR count). The number of phenols is 1. The number of hydrogen-bond acceptors (Lipinski definition) is 5. The molecule has 164 valence electrons. The van der Waals surface area contributed by atoms with E-state index in [-0.39, 0.29) is 16.6 Å². The van der Waals surface area contributed by atoms with Gasteiger partial charge in [-0.15, -0.1) is 0 Å². The Labute approximate surface area is 187 Å². The summed E-state index contributed by atoms with van der Waals surface area (Å²) in [7, 11) is -3.74. The minimum atomic E-state index is -3.74. The molecule has 7 nitrogen and oxygen atoms in total. The topological polar surface area (TPSA) is 99.1 Å². The molecule has 1 amide bonds. The van der Waals surface area contributed by atoms with E-state index in [1.165, 1.54) is 11.9 Å². The molecule has 0 saturated heterocycles. The number of aryl methyl sites for hydroxylation is 1. The number of hydrazone groups is 1. The van der Waals surface area contributed by atoms with Crippen LogP contribution >= 0.6 is 0 Å². The molecule has 8 heteroatoms. The Morgan fingerprint density at radius 1 is 1.06 bits per heavy atom. The number of benzene rings is 3. The highest BCUT2D eigenvalue weighted by Gasteiger charge is 2.33. The van der Waals surface area contributed by atoms with Gasteiger partial charge in [0.1, 0.15) is 5.75 Å². The number of hydrogen-bond donors (Lipinski definition) is 2. The van der Waals surface area contributed by atoms with Gasteiger partial charge >= 0.3 is 0 Å². The zero-order chi connectivity index (χ0) is 22.9. The van der Waals surface area contributed by atoms with E-state index in [0.29, 0.717) is 28.9 Å². The SMILES string of the molecule is CC(=O)N1N=C(c2cccc(NS(=O)(=O)c3ccc(C)cc3)c2)C[C@@H]1c1ccccc1O. The summed E-state index contributed by atoms with van der Waals surface area (Å²) in [6.45, 7) is 3.31. The number of nitrogens with one attached hydrogen (secondary N) is 1. The van der Waals surface area contributed by atoms with Crippen LogP contribution in [0, 0.1) is 6.92 Å². The predicted molar refractivity (Wildman–Crippen MR) is 123 cm³/mol. The van der Waals surface area contributed by atoms with Crippen LogP contribution in [-0.2, 0) is 14.8 Å². The van der Waals surface area contributed by atoms with Crippen molar-refractivity contribution in [2.24, 2.45) is 5.10 Å². The molecule has 1 aliphatic heterocycles. The summed E-state index contributed by atoms with van der Waals surface area (Å²) in [5.41, 5.74) is 3.30. The van der Waals surface area contributed by atoms with Gasteiger partial charge < -0.3 is 5.11 Å². The maximum absolute atomic E-state index is 12.7. The van der Waals surface area contributed by atoms with Crippen molar-refractivity contribution in [2.75, 3.05) is 4.72 Å². The third kappa shape index (κ3) is 4.36. The van der Waals surface area contributed by atoms with Gasteiger partial charge in [0.15, 0.2) is 0 Å². The second-order valence-electron chi connectivity index (χ2n) is 7.69. The van der Waals surface area contributed by atoms with E-state index in [9.17, 15) is 18.3 Å². The van der Waals surface area contributed by atoms with Crippen molar-refractivity contribution in [3.8, 4) is 5.75 Å². The molecule has 1 atom stereocenters. The molecular weight excluding hydrogens is 426 g/mol. The van der Waals surface area contributed by atoms with E-state index in [0.717, 1.165) is 5.56 Å². The highest BCUT2D eigenvalue weighted by atomic mass is 32.2. The van der Waals surface area contributed by atoms with Crippen LogP contribution in [0.15, 0.2) is 82.8 Å². The van der Waals surface area contributed by atoms with Crippen molar-refractivity contribution in [3.05, 3.63) is 89.5 Å². The average molecular weight is 450 g/mol. The summed E-state index contributed by atoms with van der Waals surface area (Å²) in [6.07, 6.45) is 0.394. The molecule has 0 unspecified atom stereocenters. The number of anilines is 1. The van der Waals surface area contributed by atoms with Gasteiger partial charge in [-0.2, -0.15) is 5.10 Å². The Morgan fingerprint density at radius 2 is 1.78 bits per heavy atom. The first-order valence-electron chi connectivity index (χ1n) is 10.1. The fraction of sp³-hybridized carbons (Fsp3) is 0.167. The molecule has 3 aromatic rings. The molecule has 0 radical (unpaired) electrons. The number of para-hydroxylation sites is 1. The number of phenolic OH excluding ortho intramolecular Hbond substituents is 1. The van der Waals surface area contributed by atoms with E-state index < -0.39 is 16.1 Å². The molecule has 3 aromatic carbocycles. The van der Waals surface area contributed by atoms with Crippen LogP contribution in [0.3, 0.4) is 0 Å². The normalized spacial score (nSPS) is 16.0. The van der Waals surface area contributed by atoms with E-state index in [1.54, 1.807) is 66.7 Å². The van der Waals surface area contributed by atoms with E-state index >= 15 is 0 Å². The molecule has 32 heavy (non-hydrogen) atoms. The fourth-order valence-electron chi connectivity index (χ4n) is 3.68. The second-order valence-corrected chi connectivity index (χ2v) is 9.37. The summed E-state index contributed by atoms with van der Waals surface area (Å²) >= 11 is 0. The van der Waals surface area contributed by atoms with Gasteiger partial charge in [-0.05, 0) is 42.8 Å². The first kappa shape index (κ1) is 21.6. The number of sulfonamides is 1. The average Bonchev–Trinajstić information content (AvgIpc) is 3.20. The summed E-state index contributed by atoms with van der Waals surface area (Å²) in [4.78, 5) is 12.4. The van der Waals surface area contributed by atoms with Gasteiger partial charge in [-0.25, -0.2) is 13.4 Å². The van der Waals surface area contributed by atoms with Crippen LogP contribution in [0.25, 0.3) is 0 Å². The largest absolute Gasteiger partial charge is 0.508 e. The van der Waals surface area contributed by atoms with E-state index in [2.05, 4.69) is 9.82 Å². The number of carbonyl (C=O) groups is 1. The Kier molecular flexibility index (Phi) is 5.71. The molecular formula is C24H23N3O4S. The van der Waals surface area contributed by atoms with E-state index in [1.807, 2.05) is 13.0 Å². The van der Waals surface area contributed by atoms with Gasteiger partial charge in [0.05, 0.1) is 16.6 Å². The van der Waals surface area contributed by atoms with Crippen LogP contribution in [0.2, 0.25) is 0 Å². The van der Waals surface area contributed by atoms with Crippen molar-refractivity contribution in [1.82, 2.24) is 5.01 Å². The first-order valence-corrected chi connectivity index (χ1v) is 11.6. The highest BCUT2D eigenvalue weighted by Crippen LogP contribution is 2.37. The molecule has 0 aromatic heterocycles. The molecule has 1 heterocycles. The minimum Gasteiger partial charge on any atom is -0.508 e. The quantitative estimate of drug-likeness (QED) is 0.610. The lowest BCUT2D eigenvalue weighted by Crippen LogP contribution is -2.24. The van der Waals surface area contributed by atoms with Gasteiger partial charge in [-0.1, -0.05) is 48.0 Å². The third-order valence-corrected chi connectivity index (χ3v) is 6.71. The van der Waals surface area contributed by atoms with Crippen LogP contribution in [0.1, 0.15) is 36.1 Å². The molecule has 0 saturated carbocycles. The molecule has 0 fully saturated rings. The molecule has 1 aliphatic rings. The van der Waals surface area contributed by atoms with Crippen molar-refractivity contribution >= 4 is 27.3 Å². The predicted octanol–water partition coefficient (Wildman–Crippen LogP) is 4.20. The maximum atomic E-state index is 12.7. The fourth-order valence-corrected chi connectivity index (χ4v) is 4.73. The van der Waals surface area contributed by atoms with Gasteiger partial charge in [0.25, 0.3) is 10.0 Å². The van der Waals surface area contributed by atoms with Crippen molar-refractivity contribution in [1.29, 1.82) is 0 Å². The smallest absolute Gasteiger partial charge is 0.261 e. The first-order chi connectivity index (χ1) is 15.2. The Balaban J connectivity index is 1.62. The standard InChI is InChI=1S/C24H23N3O4S/c1-16-10-12-20(13-11-16)32(30,31)26-19-7-5-6-18(14-19)22-15-23(27(25-22)17(2)28)21-8-3-4-9-24(21)29/h3-14,23,26,29H,15H2,1-2H3/t23-/m1/s1. The summed E-state index contributed by atoms with van der Waals surface area (Å²) < 4.78 is 28.1. The van der Waals surface area contributed by atoms with Gasteiger partial charge in [0.2, 0.25) is 5.91 Å². The van der Waals surface area contributed by atoms with Gasteiger partial charge in [0, 0.05) is 24.6 Å². The lowest BCUT2D eigenvalue weighted by molar-refractivity contribution is -0.130. The summed E-state index contributed by atoms with van der Waals surface area (Å²) in [5.74, 6) is -0.149.